The molecular weight excluding hydrogens is 417 g/mol. The molecule has 8 heteroatoms. The number of benzene rings is 1. The number of carbonyl (C=O) groups excluding carboxylic acids is 1. The van der Waals surface area contributed by atoms with Crippen molar-refractivity contribution >= 4 is 11.7 Å². The minimum atomic E-state index is -4.39. The van der Waals surface area contributed by atoms with E-state index >= 15 is 0 Å². The van der Waals surface area contributed by atoms with E-state index in [0.717, 1.165) is 57.2 Å². The summed E-state index contributed by atoms with van der Waals surface area (Å²) in [5.74, 6) is 1.23. The first-order valence-corrected chi connectivity index (χ1v) is 11.5. The summed E-state index contributed by atoms with van der Waals surface area (Å²) in [4.78, 5) is 17.3. The van der Waals surface area contributed by atoms with E-state index in [-0.39, 0.29) is 11.4 Å². The molecule has 2 unspecified atom stereocenters. The topological polar surface area (TPSA) is 47.6 Å². The van der Waals surface area contributed by atoms with E-state index in [2.05, 4.69) is 35.5 Å². The lowest BCUT2D eigenvalue weighted by Gasteiger charge is -2.57. The standard InChI is InChI=1S/C24H33F3N4O/c1-23(2)19-4-3-17(21(23)15-19)16-31(14-13-30-11-9-28-10-12-30)22(32)29-20-7-5-18(6-8-20)24(25,26)27/h3,5-8,19,21,28H,4,9-16H2,1-2H3,(H,29,32). The van der Waals surface area contributed by atoms with Crippen LogP contribution in [-0.4, -0.2) is 61.6 Å². The first-order chi connectivity index (χ1) is 15.1. The second-order valence-electron chi connectivity index (χ2n) is 9.84. The maximum Gasteiger partial charge on any atom is 0.416 e. The molecule has 2 atom stereocenters. The molecule has 3 aliphatic carbocycles. The van der Waals surface area contributed by atoms with Gasteiger partial charge < -0.3 is 15.5 Å². The summed E-state index contributed by atoms with van der Waals surface area (Å²) in [7, 11) is 0. The second kappa shape index (κ2) is 9.06. The highest BCUT2D eigenvalue weighted by atomic mass is 19.4. The molecule has 0 spiro atoms. The molecular formula is C24H33F3N4O. The van der Waals surface area contributed by atoms with E-state index in [9.17, 15) is 18.0 Å². The predicted molar refractivity (Wildman–Crippen MR) is 119 cm³/mol. The number of amides is 2. The normalized spacial score (nSPS) is 25.0. The summed E-state index contributed by atoms with van der Waals surface area (Å²) < 4.78 is 38.5. The number of fused-ring (bicyclic) bond motifs is 1. The molecule has 1 aliphatic heterocycles. The number of urea groups is 1. The van der Waals surface area contributed by atoms with Crippen molar-refractivity contribution in [3.05, 3.63) is 41.5 Å². The maximum absolute atomic E-state index is 13.2. The number of alkyl halides is 3. The summed E-state index contributed by atoms with van der Waals surface area (Å²) in [5.41, 5.74) is 1.25. The number of nitrogens with zero attached hydrogens (tertiary/aromatic N) is 2. The van der Waals surface area contributed by atoms with Crippen LogP contribution in [0, 0.1) is 17.3 Å². The molecule has 1 saturated carbocycles. The molecule has 4 aliphatic rings. The van der Waals surface area contributed by atoms with Crippen LogP contribution in [0.2, 0.25) is 0 Å². The first kappa shape index (κ1) is 23.1. The molecule has 1 aromatic carbocycles. The Labute approximate surface area is 188 Å². The Morgan fingerprint density at radius 3 is 2.50 bits per heavy atom. The summed E-state index contributed by atoms with van der Waals surface area (Å²) in [6.07, 6.45) is 0.155. The van der Waals surface area contributed by atoms with E-state index < -0.39 is 11.7 Å². The minimum absolute atomic E-state index is 0.264. The van der Waals surface area contributed by atoms with E-state index in [0.29, 0.717) is 24.7 Å². The fourth-order valence-corrected chi connectivity index (χ4v) is 5.27. The van der Waals surface area contributed by atoms with Crippen LogP contribution in [0.3, 0.4) is 0 Å². The molecule has 0 aromatic heterocycles. The van der Waals surface area contributed by atoms with Crippen LogP contribution in [0.1, 0.15) is 32.3 Å². The van der Waals surface area contributed by atoms with Crippen LogP contribution in [0.15, 0.2) is 35.9 Å². The third kappa shape index (κ3) is 4.96. The predicted octanol–water partition coefficient (Wildman–Crippen LogP) is 4.44. The number of nitrogens with one attached hydrogen (secondary N) is 2. The molecule has 5 nitrogen and oxygen atoms in total. The van der Waals surface area contributed by atoms with Gasteiger partial charge in [-0.05, 0) is 54.4 Å². The van der Waals surface area contributed by atoms with Gasteiger partial charge in [0.25, 0.3) is 0 Å². The molecule has 2 fully saturated rings. The zero-order valence-electron chi connectivity index (χ0n) is 18.8. The van der Waals surface area contributed by atoms with Crippen molar-refractivity contribution in [3.8, 4) is 0 Å². The van der Waals surface area contributed by atoms with Crippen molar-refractivity contribution in [1.82, 2.24) is 15.1 Å². The zero-order chi connectivity index (χ0) is 22.9. The molecule has 2 bridgehead atoms. The summed E-state index contributed by atoms with van der Waals surface area (Å²) in [6, 6.07) is 4.37. The van der Waals surface area contributed by atoms with Crippen molar-refractivity contribution in [2.24, 2.45) is 17.3 Å². The Morgan fingerprint density at radius 1 is 1.22 bits per heavy atom. The number of carbonyl (C=O) groups is 1. The van der Waals surface area contributed by atoms with Crippen molar-refractivity contribution in [3.63, 3.8) is 0 Å². The van der Waals surface area contributed by atoms with Crippen LogP contribution in [0.25, 0.3) is 0 Å². The van der Waals surface area contributed by atoms with Crippen LogP contribution in [0.4, 0.5) is 23.7 Å². The zero-order valence-corrected chi connectivity index (χ0v) is 18.8. The van der Waals surface area contributed by atoms with Crippen molar-refractivity contribution in [2.45, 2.75) is 32.9 Å². The Balaban J connectivity index is 1.44. The van der Waals surface area contributed by atoms with Crippen LogP contribution < -0.4 is 10.6 Å². The molecule has 2 amide bonds. The van der Waals surface area contributed by atoms with E-state index in [4.69, 9.17) is 0 Å². The molecule has 1 aromatic rings. The lowest BCUT2D eigenvalue weighted by atomic mass is 9.49. The van der Waals surface area contributed by atoms with Gasteiger partial charge in [-0.25, -0.2) is 4.79 Å². The average molecular weight is 451 g/mol. The highest BCUT2D eigenvalue weighted by Crippen LogP contribution is 2.59. The molecule has 2 N–H and O–H groups in total. The number of hydrogen-bond donors (Lipinski definition) is 2. The van der Waals surface area contributed by atoms with Gasteiger partial charge in [-0.15, -0.1) is 0 Å². The van der Waals surface area contributed by atoms with E-state index in [1.165, 1.54) is 24.1 Å². The highest BCUT2D eigenvalue weighted by Gasteiger charge is 2.51. The maximum atomic E-state index is 13.2. The Hall–Kier alpha value is -2.06. The third-order valence-electron chi connectivity index (χ3n) is 7.60. The van der Waals surface area contributed by atoms with Gasteiger partial charge in [0, 0.05) is 51.5 Å². The molecule has 5 rings (SSSR count). The second-order valence-corrected chi connectivity index (χ2v) is 9.84. The number of allylic oxidation sites excluding steroid dienone is 1. The van der Waals surface area contributed by atoms with Gasteiger partial charge in [-0.1, -0.05) is 25.5 Å². The first-order valence-electron chi connectivity index (χ1n) is 11.5. The lowest BCUT2D eigenvalue weighted by Crippen LogP contribution is -2.52. The highest BCUT2D eigenvalue weighted by molar-refractivity contribution is 5.89. The summed E-state index contributed by atoms with van der Waals surface area (Å²) >= 11 is 0. The smallest absolute Gasteiger partial charge is 0.319 e. The molecule has 1 saturated heterocycles. The SMILES string of the molecule is CC1(C)C2CC=C(CN(CCN3CCNCC3)C(=O)Nc3ccc(C(F)(F)F)cc3)C1C2. The van der Waals surface area contributed by atoms with Gasteiger partial charge in [0.2, 0.25) is 0 Å². The van der Waals surface area contributed by atoms with Gasteiger partial charge in [0.1, 0.15) is 0 Å². The van der Waals surface area contributed by atoms with Crippen LogP contribution in [0.5, 0.6) is 0 Å². The van der Waals surface area contributed by atoms with Gasteiger partial charge in [-0.2, -0.15) is 13.2 Å². The fourth-order valence-electron chi connectivity index (χ4n) is 5.27. The number of anilines is 1. The lowest BCUT2D eigenvalue weighted by molar-refractivity contribution is -0.137. The molecule has 0 radical (unpaired) electrons. The molecule has 32 heavy (non-hydrogen) atoms. The van der Waals surface area contributed by atoms with Crippen molar-refractivity contribution < 1.29 is 18.0 Å². The van der Waals surface area contributed by atoms with Gasteiger partial charge >= 0.3 is 12.2 Å². The Bertz CT molecular complexity index is 844. The van der Waals surface area contributed by atoms with Gasteiger partial charge in [-0.3, -0.25) is 4.90 Å². The number of piperazine rings is 1. The van der Waals surface area contributed by atoms with Crippen LogP contribution in [-0.2, 0) is 6.18 Å². The number of halogens is 3. The van der Waals surface area contributed by atoms with Crippen LogP contribution >= 0.6 is 0 Å². The third-order valence-corrected chi connectivity index (χ3v) is 7.60. The summed E-state index contributed by atoms with van der Waals surface area (Å²) in [5, 5.41) is 6.14. The van der Waals surface area contributed by atoms with E-state index in [1.807, 2.05) is 4.90 Å². The van der Waals surface area contributed by atoms with Gasteiger partial charge in [0.05, 0.1) is 5.56 Å². The summed E-state index contributed by atoms with van der Waals surface area (Å²) in [6.45, 7) is 10.4. The minimum Gasteiger partial charge on any atom is -0.319 e. The van der Waals surface area contributed by atoms with Gasteiger partial charge in [0.15, 0.2) is 0 Å². The van der Waals surface area contributed by atoms with Crippen molar-refractivity contribution in [1.29, 1.82) is 0 Å². The van der Waals surface area contributed by atoms with Crippen molar-refractivity contribution in [2.75, 3.05) is 51.1 Å². The Kier molecular flexibility index (Phi) is 6.54. The number of hydrogen-bond acceptors (Lipinski definition) is 3. The fraction of sp³-hybridized carbons (Fsp3) is 0.625. The van der Waals surface area contributed by atoms with E-state index in [1.54, 1.807) is 0 Å². The number of rotatable bonds is 6. The largest absolute Gasteiger partial charge is 0.416 e. The Morgan fingerprint density at radius 2 is 1.91 bits per heavy atom. The quantitative estimate of drug-likeness (QED) is 0.630. The molecule has 1 heterocycles. The average Bonchev–Trinajstić information content (AvgIpc) is 2.77. The monoisotopic (exact) mass is 450 g/mol. The molecule has 176 valence electrons.